The van der Waals surface area contributed by atoms with Gasteiger partial charge in [-0.3, -0.25) is 4.55 Å². The molecular formula is C20H21NO4S. The molecule has 0 aliphatic carbocycles. The predicted octanol–water partition coefficient (Wildman–Crippen LogP) is 3.47. The molecule has 0 spiro atoms. The Morgan fingerprint density at radius 3 is 2.50 bits per heavy atom. The first-order valence-corrected chi connectivity index (χ1v) is 9.98. The van der Waals surface area contributed by atoms with Gasteiger partial charge in [0.2, 0.25) is 0 Å². The fourth-order valence-corrected chi connectivity index (χ4v) is 4.57. The van der Waals surface area contributed by atoms with Crippen molar-refractivity contribution in [1.29, 1.82) is 0 Å². The van der Waals surface area contributed by atoms with Gasteiger partial charge in [0.25, 0.3) is 10.1 Å². The minimum Gasteiger partial charge on any atom is -0.349 e. The molecule has 2 aliphatic heterocycles. The van der Waals surface area contributed by atoms with Crippen LogP contribution in [0.2, 0.25) is 0 Å². The van der Waals surface area contributed by atoms with Gasteiger partial charge in [-0.15, -0.1) is 0 Å². The lowest BCUT2D eigenvalue weighted by Gasteiger charge is -2.39. The Bertz CT molecular complexity index is 979. The standard InChI is InChI=1S/C20H21NO4S/c1-19(2)17-5-3-4-6-18(17)21-13-14-25-20(19,21)12-11-15-7-9-16(10-8-15)26(22,23)24/h3-12H,13-14H2,1-2H3,(H,22,23,24). The molecule has 26 heavy (non-hydrogen) atoms. The zero-order valence-electron chi connectivity index (χ0n) is 14.7. The first-order valence-electron chi connectivity index (χ1n) is 8.54. The summed E-state index contributed by atoms with van der Waals surface area (Å²) in [5.74, 6) is 0. The van der Waals surface area contributed by atoms with Gasteiger partial charge in [0.1, 0.15) is 0 Å². The van der Waals surface area contributed by atoms with Crippen molar-refractivity contribution in [3.63, 3.8) is 0 Å². The van der Waals surface area contributed by atoms with Crippen LogP contribution in [0.1, 0.15) is 25.0 Å². The van der Waals surface area contributed by atoms with Gasteiger partial charge in [0.05, 0.1) is 11.5 Å². The Balaban J connectivity index is 1.72. The van der Waals surface area contributed by atoms with Crippen LogP contribution in [0.15, 0.2) is 59.5 Å². The summed E-state index contributed by atoms with van der Waals surface area (Å²) in [7, 11) is -4.18. The van der Waals surface area contributed by atoms with Gasteiger partial charge < -0.3 is 9.64 Å². The summed E-state index contributed by atoms with van der Waals surface area (Å²) in [6.45, 7) is 5.85. The summed E-state index contributed by atoms with van der Waals surface area (Å²) < 4.78 is 37.7. The highest BCUT2D eigenvalue weighted by Crippen LogP contribution is 2.54. The van der Waals surface area contributed by atoms with Crippen molar-refractivity contribution in [2.75, 3.05) is 18.1 Å². The molecule has 5 nitrogen and oxygen atoms in total. The van der Waals surface area contributed by atoms with Crippen LogP contribution < -0.4 is 4.90 Å². The molecule has 2 aliphatic rings. The molecule has 1 saturated heterocycles. The molecule has 1 N–H and O–H groups in total. The van der Waals surface area contributed by atoms with E-state index in [2.05, 4.69) is 37.0 Å². The van der Waals surface area contributed by atoms with Crippen molar-refractivity contribution in [3.8, 4) is 0 Å². The molecule has 2 aromatic rings. The molecule has 2 aromatic carbocycles. The van der Waals surface area contributed by atoms with Crippen molar-refractivity contribution in [3.05, 3.63) is 65.7 Å². The lowest BCUT2D eigenvalue weighted by Crippen LogP contribution is -2.51. The van der Waals surface area contributed by atoms with E-state index in [4.69, 9.17) is 9.29 Å². The molecule has 6 heteroatoms. The number of ether oxygens (including phenoxy) is 1. The van der Waals surface area contributed by atoms with Gasteiger partial charge in [0.15, 0.2) is 5.72 Å². The molecular weight excluding hydrogens is 350 g/mol. The van der Waals surface area contributed by atoms with Crippen LogP contribution in [-0.4, -0.2) is 31.8 Å². The summed E-state index contributed by atoms with van der Waals surface area (Å²) in [6.07, 6.45) is 4.00. The molecule has 0 saturated carbocycles. The molecule has 4 rings (SSSR count). The first kappa shape index (κ1) is 17.3. The second kappa shape index (κ2) is 5.67. The predicted molar refractivity (Wildman–Crippen MR) is 101 cm³/mol. The van der Waals surface area contributed by atoms with Crippen LogP contribution in [0.3, 0.4) is 0 Å². The van der Waals surface area contributed by atoms with Gasteiger partial charge in [-0.25, -0.2) is 0 Å². The summed E-state index contributed by atoms with van der Waals surface area (Å²) in [5, 5.41) is 0. The zero-order valence-corrected chi connectivity index (χ0v) is 15.5. The van der Waals surface area contributed by atoms with Crippen LogP contribution in [-0.2, 0) is 20.3 Å². The molecule has 0 aromatic heterocycles. The number of para-hydroxylation sites is 1. The quantitative estimate of drug-likeness (QED) is 0.837. The van der Waals surface area contributed by atoms with Gasteiger partial charge in [-0.1, -0.05) is 50.3 Å². The third-order valence-electron chi connectivity index (χ3n) is 5.48. The fraction of sp³-hybridized carbons (Fsp3) is 0.300. The molecule has 2 heterocycles. The molecule has 1 fully saturated rings. The maximum absolute atomic E-state index is 11.2. The number of nitrogens with zero attached hydrogens (tertiary/aromatic N) is 1. The van der Waals surface area contributed by atoms with E-state index in [9.17, 15) is 8.42 Å². The van der Waals surface area contributed by atoms with E-state index < -0.39 is 15.8 Å². The lowest BCUT2D eigenvalue weighted by atomic mass is 9.77. The molecule has 0 amide bonds. The Labute approximate surface area is 153 Å². The van der Waals surface area contributed by atoms with Gasteiger partial charge in [-0.05, 0) is 35.4 Å². The Hall–Kier alpha value is -2.15. The van der Waals surface area contributed by atoms with E-state index in [-0.39, 0.29) is 10.3 Å². The monoisotopic (exact) mass is 371 g/mol. The van der Waals surface area contributed by atoms with E-state index >= 15 is 0 Å². The third kappa shape index (κ3) is 2.40. The van der Waals surface area contributed by atoms with Crippen molar-refractivity contribution >= 4 is 21.9 Å². The van der Waals surface area contributed by atoms with Crippen LogP contribution in [0.5, 0.6) is 0 Å². The first-order chi connectivity index (χ1) is 12.3. The minimum absolute atomic E-state index is 0.111. The Morgan fingerprint density at radius 2 is 1.81 bits per heavy atom. The summed E-state index contributed by atoms with van der Waals surface area (Å²) >= 11 is 0. The highest BCUT2D eigenvalue weighted by Gasteiger charge is 2.58. The molecule has 0 radical (unpaired) electrons. The van der Waals surface area contributed by atoms with Gasteiger partial charge in [0, 0.05) is 17.6 Å². The Kier molecular flexibility index (Phi) is 3.77. The summed E-state index contributed by atoms with van der Waals surface area (Å²) in [4.78, 5) is 2.19. The average Bonchev–Trinajstić information content (AvgIpc) is 3.11. The average molecular weight is 371 g/mol. The van der Waals surface area contributed by atoms with Gasteiger partial charge >= 0.3 is 0 Å². The number of anilines is 1. The van der Waals surface area contributed by atoms with Crippen LogP contribution in [0.4, 0.5) is 5.69 Å². The summed E-state index contributed by atoms with van der Waals surface area (Å²) in [5.41, 5.74) is 2.49. The van der Waals surface area contributed by atoms with E-state index in [1.807, 2.05) is 18.2 Å². The summed E-state index contributed by atoms with van der Waals surface area (Å²) in [6, 6.07) is 14.5. The molecule has 1 atom stereocenters. The van der Waals surface area contributed by atoms with Crippen molar-refractivity contribution < 1.29 is 17.7 Å². The minimum atomic E-state index is -4.18. The van der Waals surface area contributed by atoms with Crippen molar-refractivity contribution in [1.82, 2.24) is 0 Å². The maximum Gasteiger partial charge on any atom is 0.294 e. The molecule has 136 valence electrons. The van der Waals surface area contributed by atoms with Gasteiger partial charge in [-0.2, -0.15) is 8.42 Å². The van der Waals surface area contributed by atoms with E-state index in [0.717, 1.165) is 12.1 Å². The number of hydrogen-bond donors (Lipinski definition) is 1. The fourth-order valence-electron chi connectivity index (χ4n) is 4.09. The Morgan fingerprint density at radius 1 is 1.12 bits per heavy atom. The second-order valence-electron chi connectivity index (χ2n) is 7.22. The maximum atomic E-state index is 11.2. The van der Waals surface area contributed by atoms with E-state index in [1.165, 1.54) is 23.4 Å². The highest BCUT2D eigenvalue weighted by molar-refractivity contribution is 7.85. The lowest BCUT2D eigenvalue weighted by molar-refractivity contribution is 0.000337. The third-order valence-corrected chi connectivity index (χ3v) is 6.35. The van der Waals surface area contributed by atoms with Crippen molar-refractivity contribution in [2.24, 2.45) is 0 Å². The van der Waals surface area contributed by atoms with E-state index in [1.54, 1.807) is 12.1 Å². The van der Waals surface area contributed by atoms with Crippen molar-refractivity contribution in [2.45, 2.75) is 29.9 Å². The number of fused-ring (bicyclic) bond motifs is 3. The smallest absolute Gasteiger partial charge is 0.294 e. The highest BCUT2D eigenvalue weighted by atomic mass is 32.2. The topological polar surface area (TPSA) is 66.8 Å². The number of benzene rings is 2. The van der Waals surface area contributed by atoms with Crippen LogP contribution in [0, 0.1) is 0 Å². The molecule has 0 bridgehead atoms. The largest absolute Gasteiger partial charge is 0.349 e. The number of rotatable bonds is 3. The molecule has 1 unspecified atom stereocenters. The van der Waals surface area contributed by atoms with Crippen LogP contribution in [0.25, 0.3) is 6.08 Å². The SMILES string of the molecule is CC1(C)c2ccccc2N2CCOC21C=Cc1ccc(S(=O)(=O)O)cc1. The van der Waals surface area contributed by atoms with E-state index in [0.29, 0.717) is 6.61 Å². The van der Waals surface area contributed by atoms with Crippen LogP contribution >= 0.6 is 0 Å². The zero-order chi connectivity index (χ0) is 18.6. The normalized spacial score (nSPS) is 24.0. The second-order valence-corrected chi connectivity index (χ2v) is 8.64. The number of hydrogen-bond acceptors (Lipinski definition) is 4.